The summed E-state index contributed by atoms with van der Waals surface area (Å²) in [6.07, 6.45) is 9.49. The van der Waals surface area contributed by atoms with E-state index in [0.29, 0.717) is 22.6 Å². The van der Waals surface area contributed by atoms with E-state index in [4.69, 9.17) is 9.47 Å². The molecule has 0 saturated heterocycles. The molecule has 7 nitrogen and oxygen atoms in total. The Morgan fingerprint density at radius 3 is 2.68 bits per heavy atom. The Hall–Kier alpha value is -3.29. The first-order valence-corrected chi connectivity index (χ1v) is 11.8. The Balaban J connectivity index is 1.52. The van der Waals surface area contributed by atoms with Gasteiger partial charge in [-0.2, -0.15) is 5.10 Å². The zero-order valence-corrected chi connectivity index (χ0v) is 19.9. The molecular weight excluding hydrogens is 435 g/mol. The molecule has 2 aromatic heterocycles. The molecule has 180 valence electrons. The maximum Gasteiger partial charge on any atom is 0.233 e. The van der Waals surface area contributed by atoms with E-state index in [9.17, 15) is 9.50 Å². The van der Waals surface area contributed by atoms with E-state index >= 15 is 0 Å². The third-order valence-corrected chi connectivity index (χ3v) is 6.57. The summed E-state index contributed by atoms with van der Waals surface area (Å²) in [5.74, 6) is 0.0551. The van der Waals surface area contributed by atoms with Crippen molar-refractivity contribution in [3.05, 3.63) is 42.3 Å². The van der Waals surface area contributed by atoms with Crippen molar-refractivity contribution in [1.82, 2.24) is 20.4 Å². The summed E-state index contributed by atoms with van der Waals surface area (Å²) in [6.45, 7) is 4.58. The summed E-state index contributed by atoms with van der Waals surface area (Å²) < 4.78 is 26.2. The molecule has 1 aliphatic carbocycles. The highest BCUT2D eigenvalue weighted by atomic mass is 19.1. The number of benzene rings is 1. The van der Waals surface area contributed by atoms with E-state index in [2.05, 4.69) is 34.2 Å². The largest absolute Gasteiger partial charge is 0.507 e. The summed E-state index contributed by atoms with van der Waals surface area (Å²) in [4.78, 5) is 0. The third kappa shape index (κ3) is 5.43. The Bertz CT molecular complexity index is 1130. The zero-order valence-electron chi connectivity index (χ0n) is 19.9. The number of methoxy groups -OCH3 is 1. The molecule has 0 bridgehead atoms. The van der Waals surface area contributed by atoms with Crippen molar-refractivity contribution in [3.63, 3.8) is 0 Å². The SMILES string of the molecule is CCC[C@]1(C)CCCC[C@H](Oc2ccc(-c3cc(F)c(-c4cnnc(OC)c4)cc3O)nn2)C1. The second kappa shape index (κ2) is 10.3. The van der Waals surface area contributed by atoms with Crippen molar-refractivity contribution < 1.29 is 19.0 Å². The van der Waals surface area contributed by atoms with Gasteiger partial charge in [0, 0.05) is 28.8 Å². The Morgan fingerprint density at radius 1 is 1.09 bits per heavy atom. The van der Waals surface area contributed by atoms with Gasteiger partial charge < -0.3 is 14.6 Å². The molecule has 0 aliphatic heterocycles. The fraction of sp³-hybridized carbons (Fsp3) is 0.462. The van der Waals surface area contributed by atoms with E-state index in [0.717, 1.165) is 19.3 Å². The number of halogens is 1. The molecule has 2 heterocycles. The maximum atomic E-state index is 14.9. The van der Waals surface area contributed by atoms with Gasteiger partial charge in [-0.1, -0.05) is 26.7 Å². The molecule has 1 saturated carbocycles. The molecule has 0 spiro atoms. The fourth-order valence-electron chi connectivity index (χ4n) is 4.89. The summed E-state index contributed by atoms with van der Waals surface area (Å²) >= 11 is 0. The number of aromatic nitrogens is 4. The van der Waals surface area contributed by atoms with Crippen molar-refractivity contribution in [3.8, 4) is 39.9 Å². The number of nitrogens with zero attached hydrogens (tertiary/aromatic N) is 4. The van der Waals surface area contributed by atoms with Gasteiger partial charge in [0.25, 0.3) is 0 Å². The monoisotopic (exact) mass is 466 g/mol. The normalized spacial score (nSPS) is 20.5. The van der Waals surface area contributed by atoms with E-state index in [1.54, 1.807) is 18.2 Å². The minimum atomic E-state index is -0.529. The molecule has 1 aliphatic rings. The number of phenolic OH excluding ortho intramolecular Hbond substituents is 1. The Labute approximate surface area is 199 Å². The molecule has 34 heavy (non-hydrogen) atoms. The van der Waals surface area contributed by atoms with Crippen LogP contribution in [0, 0.1) is 11.2 Å². The first kappa shape index (κ1) is 23.9. The van der Waals surface area contributed by atoms with Crippen LogP contribution in [0.25, 0.3) is 22.4 Å². The highest BCUT2D eigenvalue weighted by Gasteiger charge is 2.31. The number of ether oxygens (including phenoxy) is 2. The van der Waals surface area contributed by atoms with Gasteiger partial charge in [-0.05, 0) is 55.7 Å². The van der Waals surface area contributed by atoms with Crippen LogP contribution in [0.1, 0.15) is 58.8 Å². The Morgan fingerprint density at radius 2 is 1.94 bits per heavy atom. The predicted octanol–water partition coefficient (Wildman–Crippen LogP) is 5.97. The number of rotatable bonds is 7. The third-order valence-electron chi connectivity index (χ3n) is 6.57. The standard InChI is InChI=1S/C26H31FN4O3/c1-4-10-26(2)11-6-5-7-18(15-26)34-24-9-8-22(29-31-24)20-13-21(27)19(14-23(20)32)17-12-25(33-3)30-28-16-17/h8-9,12-14,16,18,32H,4-7,10-11,15H2,1-3H3/t18-,26+/m0/s1. The van der Waals surface area contributed by atoms with Crippen molar-refractivity contribution in [1.29, 1.82) is 0 Å². The first-order chi connectivity index (χ1) is 16.4. The fourth-order valence-corrected chi connectivity index (χ4v) is 4.89. The summed E-state index contributed by atoms with van der Waals surface area (Å²) in [5, 5.41) is 26.6. The van der Waals surface area contributed by atoms with Crippen molar-refractivity contribution in [2.45, 2.75) is 64.9 Å². The lowest BCUT2D eigenvalue weighted by molar-refractivity contribution is 0.118. The second-order valence-corrected chi connectivity index (χ2v) is 9.34. The average molecular weight is 467 g/mol. The minimum absolute atomic E-state index is 0.107. The lowest BCUT2D eigenvalue weighted by Crippen LogP contribution is -2.25. The van der Waals surface area contributed by atoms with Crippen LogP contribution >= 0.6 is 0 Å². The van der Waals surface area contributed by atoms with Crippen LogP contribution in [0.3, 0.4) is 0 Å². The van der Waals surface area contributed by atoms with Crippen LogP contribution in [-0.2, 0) is 0 Å². The van der Waals surface area contributed by atoms with Gasteiger partial charge in [0.2, 0.25) is 11.8 Å². The number of aromatic hydroxyl groups is 1. The topological polar surface area (TPSA) is 90.3 Å². The molecule has 1 N–H and O–H groups in total. The van der Waals surface area contributed by atoms with Crippen molar-refractivity contribution in [2.75, 3.05) is 7.11 Å². The van der Waals surface area contributed by atoms with Gasteiger partial charge >= 0.3 is 0 Å². The molecule has 0 amide bonds. The van der Waals surface area contributed by atoms with Crippen LogP contribution in [0.2, 0.25) is 0 Å². The van der Waals surface area contributed by atoms with Gasteiger partial charge in [0.05, 0.1) is 19.0 Å². The average Bonchev–Trinajstić information content (AvgIpc) is 3.02. The Kier molecular flexibility index (Phi) is 7.24. The van der Waals surface area contributed by atoms with Gasteiger partial charge in [0.15, 0.2) is 0 Å². The summed E-state index contributed by atoms with van der Waals surface area (Å²) in [7, 11) is 1.45. The molecule has 4 rings (SSSR count). The van der Waals surface area contributed by atoms with E-state index < -0.39 is 5.82 Å². The van der Waals surface area contributed by atoms with Gasteiger partial charge in [0.1, 0.15) is 17.7 Å². The van der Waals surface area contributed by atoms with Crippen LogP contribution < -0.4 is 9.47 Å². The molecule has 1 aromatic carbocycles. The van der Waals surface area contributed by atoms with Gasteiger partial charge in [-0.15, -0.1) is 15.3 Å². The molecule has 3 aromatic rings. The molecule has 0 radical (unpaired) electrons. The first-order valence-electron chi connectivity index (χ1n) is 11.8. The molecule has 2 atom stereocenters. The van der Waals surface area contributed by atoms with E-state index in [1.165, 1.54) is 51.1 Å². The maximum absolute atomic E-state index is 14.9. The highest BCUT2D eigenvalue weighted by molar-refractivity contribution is 5.74. The molecular formula is C26H31FN4O3. The summed E-state index contributed by atoms with van der Waals surface area (Å²) in [6, 6.07) is 7.55. The number of hydrogen-bond donors (Lipinski definition) is 1. The predicted molar refractivity (Wildman–Crippen MR) is 127 cm³/mol. The van der Waals surface area contributed by atoms with Crippen LogP contribution in [-0.4, -0.2) is 38.7 Å². The molecule has 0 unspecified atom stereocenters. The van der Waals surface area contributed by atoms with E-state index in [-0.39, 0.29) is 28.9 Å². The van der Waals surface area contributed by atoms with Crippen LogP contribution in [0.5, 0.6) is 17.5 Å². The van der Waals surface area contributed by atoms with Crippen LogP contribution in [0.15, 0.2) is 36.5 Å². The zero-order chi connectivity index (χ0) is 24.1. The van der Waals surface area contributed by atoms with E-state index in [1.807, 2.05) is 0 Å². The quantitative estimate of drug-likeness (QED) is 0.429. The van der Waals surface area contributed by atoms with Gasteiger partial charge in [-0.25, -0.2) is 4.39 Å². The lowest BCUT2D eigenvalue weighted by Gasteiger charge is -2.30. The van der Waals surface area contributed by atoms with Gasteiger partial charge in [-0.3, -0.25) is 0 Å². The number of hydrogen-bond acceptors (Lipinski definition) is 7. The second-order valence-electron chi connectivity index (χ2n) is 9.34. The minimum Gasteiger partial charge on any atom is -0.507 e. The van der Waals surface area contributed by atoms with Crippen molar-refractivity contribution in [2.24, 2.45) is 5.41 Å². The molecule has 8 heteroatoms. The van der Waals surface area contributed by atoms with Crippen LogP contribution in [0.4, 0.5) is 4.39 Å². The highest BCUT2D eigenvalue weighted by Crippen LogP contribution is 2.40. The summed E-state index contributed by atoms with van der Waals surface area (Å²) in [5.41, 5.74) is 1.53. The lowest BCUT2D eigenvalue weighted by atomic mass is 9.78. The smallest absolute Gasteiger partial charge is 0.233 e. The van der Waals surface area contributed by atoms with Crippen molar-refractivity contribution >= 4 is 0 Å². The molecule has 1 fully saturated rings. The number of phenols is 1.